The van der Waals surface area contributed by atoms with Crippen molar-refractivity contribution < 1.29 is 21.8 Å². The molecule has 0 bridgehead atoms. The number of nitrogens with zero attached hydrogens (tertiary/aromatic N) is 4. The third-order valence-corrected chi connectivity index (χ3v) is 6.75. The van der Waals surface area contributed by atoms with Gasteiger partial charge in [-0.05, 0) is 60.9 Å². The van der Waals surface area contributed by atoms with Crippen molar-refractivity contribution in [3.8, 4) is 11.3 Å². The number of nitrogens with two attached hydrogens (primary N) is 1. The summed E-state index contributed by atoms with van der Waals surface area (Å²) in [6.45, 7) is 0.132. The highest BCUT2D eigenvalue weighted by atomic mass is 35.5. The van der Waals surface area contributed by atoms with Crippen molar-refractivity contribution in [1.82, 2.24) is 19.9 Å². The van der Waals surface area contributed by atoms with Gasteiger partial charge < -0.3 is 10.6 Å². The summed E-state index contributed by atoms with van der Waals surface area (Å²) in [6.07, 6.45) is -3.42. The molecule has 0 saturated heterocycles. The number of halogens is 5. The largest absolute Gasteiger partial charge is 0.411 e. The number of alkyl halides is 3. The molecule has 192 valence electrons. The zero-order chi connectivity index (χ0) is 26.4. The smallest absolute Gasteiger partial charge is 0.354 e. The maximum atomic E-state index is 13.7. The lowest BCUT2D eigenvalue weighted by Crippen LogP contribution is -2.39. The van der Waals surface area contributed by atoms with Crippen LogP contribution in [0.15, 0.2) is 53.6 Å². The van der Waals surface area contributed by atoms with Gasteiger partial charge in [-0.1, -0.05) is 11.6 Å². The molecule has 1 aliphatic carbocycles. The molecular weight excluding hydrogens is 534 g/mol. The number of benzene rings is 1. The summed E-state index contributed by atoms with van der Waals surface area (Å²) in [5.74, 6) is -0.730. The minimum absolute atomic E-state index is 0.0429. The monoisotopic (exact) mass is 551 g/mol. The van der Waals surface area contributed by atoms with E-state index in [-0.39, 0.29) is 42.2 Å². The fourth-order valence-electron chi connectivity index (χ4n) is 3.72. The Balaban J connectivity index is 1.52. The van der Waals surface area contributed by atoms with E-state index in [0.717, 1.165) is 6.07 Å². The molecule has 4 aromatic rings. The van der Waals surface area contributed by atoms with E-state index in [0.29, 0.717) is 26.7 Å². The van der Waals surface area contributed by atoms with E-state index in [1.807, 2.05) is 0 Å². The molecule has 4 N–H and O–H groups in total. The van der Waals surface area contributed by atoms with Gasteiger partial charge in [-0.2, -0.15) is 22.5 Å². The van der Waals surface area contributed by atoms with Gasteiger partial charge in [-0.3, -0.25) is 0 Å². The predicted molar refractivity (Wildman–Crippen MR) is 132 cm³/mol. The number of hydrogen-bond acceptors (Lipinski definition) is 7. The zero-order valence-corrected chi connectivity index (χ0v) is 20.4. The highest BCUT2D eigenvalue weighted by Crippen LogP contribution is 2.51. The standard InChI is InChI=1S/C23H18ClF4N7OS/c24-14-7-12(8-15(9-14)37(29)36)10-31-21-33-17-3-2-16(13-1-4-18(25)30-11-13)32-19(17)20(34-21)35-22(5-6-22)23(26,27)28/h1-4,7-9,11H,5-6,10,29H2,(H2,31,33,34,35). The van der Waals surface area contributed by atoms with Crippen LogP contribution in [-0.2, 0) is 17.5 Å². The summed E-state index contributed by atoms with van der Waals surface area (Å²) in [7, 11) is -1.75. The molecule has 0 radical (unpaired) electrons. The van der Waals surface area contributed by atoms with Crippen LogP contribution >= 0.6 is 11.6 Å². The molecule has 1 aliphatic rings. The van der Waals surface area contributed by atoms with Crippen LogP contribution < -0.4 is 15.8 Å². The van der Waals surface area contributed by atoms with Gasteiger partial charge in [-0.25, -0.2) is 24.3 Å². The van der Waals surface area contributed by atoms with Gasteiger partial charge in [0.2, 0.25) is 11.9 Å². The summed E-state index contributed by atoms with van der Waals surface area (Å²) in [4.78, 5) is 17.1. The van der Waals surface area contributed by atoms with Crippen molar-refractivity contribution in [3.63, 3.8) is 0 Å². The molecule has 0 aliphatic heterocycles. The Morgan fingerprint density at radius 2 is 1.86 bits per heavy atom. The molecule has 14 heteroatoms. The second kappa shape index (κ2) is 9.47. The number of anilines is 2. The molecule has 3 heterocycles. The van der Waals surface area contributed by atoms with E-state index >= 15 is 0 Å². The highest BCUT2D eigenvalue weighted by molar-refractivity contribution is 7.82. The number of aromatic nitrogens is 4. The molecule has 3 aromatic heterocycles. The van der Waals surface area contributed by atoms with Crippen LogP contribution in [0.5, 0.6) is 0 Å². The molecule has 1 aromatic carbocycles. The van der Waals surface area contributed by atoms with Gasteiger partial charge in [0, 0.05) is 23.3 Å². The highest BCUT2D eigenvalue weighted by Gasteiger charge is 2.64. The van der Waals surface area contributed by atoms with Crippen molar-refractivity contribution in [3.05, 3.63) is 65.2 Å². The third kappa shape index (κ3) is 5.33. The lowest BCUT2D eigenvalue weighted by molar-refractivity contribution is -0.151. The van der Waals surface area contributed by atoms with E-state index in [1.54, 1.807) is 24.3 Å². The molecule has 1 fully saturated rings. The average Bonchev–Trinajstić information content (AvgIpc) is 3.64. The van der Waals surface area contributed by atoms with Crippen LogP contribution in [0.4, 0.5) is 29.3 Å². The third-order valence-electron chi connectivity index (χ3n) is 5.83. The van der Waals surface area contributed by atoms with Crippen LogP contribution in [-0.4, -0.2) is 35.9 Å². The molecule has 8 nitrogen and oxygen atoms in total. The first-order valence-corrected chi connectivity index (χ1v) is 12.5. The molecule has 5 rings (SSSR count). The van der Waals surface area contributed by atoms with Crippen molar-refractivity contribution in [2.75, 3.05) is 10.6 Å². The van der Waals surface area contributed by atoms with Gasteiger partial charge in [0.1, 0.15) is 22.0 Å². The SMILES string of the molecule is NS(=O)c1cc(Cl)cc(CNc2nc(NC3(C(F)(F)F)CC3)c3nc(-c4ccc(F)nc4)ccc3n2)c1. The molecular formula is C23H18ClF4N7OS. The molecule has 1 unspecified atom stereocenters. The van der Waals surface area contributed by atoms with Gasteiger partial charge in [-0.15, -0.1) is 0 Å². The van der Waals surface area contributed by atoms with Crippen LogP contribution in [0.25, 0.3) is 22.3 Å². The van der Waals surface area contributed by atoms with Crippen LogP contribution in [0.1, 0.15) is 18.4 Å². The van der Waals surface area contributed by atoms with Gasteiger partial charge in [0.25, 0.3) is 0 Å². The van der Waals surface area contributed by atoms with E-state index in [4.69, 9.17) is 16.7 Å². The van der Waals surface area contributed by atoms with Crippen LogP contribution in [0.2, 0.25) is 5.02 Å². The van der Waals surface area contributed by atoms with Crippen molar-refractivity contribution in [2.24, 2.45) is 5.14 Å². The van der Waals surface area contributed by atoms with Crippen LogP contribution in [0.3, 0.4) is 0 Å². The molecule has 1 atom stereocenters. The second-order valence-corrected chi connectivity index (χ2v) is 9.98. The fourth-order valence-corrected chi connectivity index (χ4v) is 4.55. The number of nitrogens with one attached hydrogen (secondary N) is 2. The quantitative estimate of drug-likeness (QED) is 0.219. The summed E-state index contributed by atoms with van der Waals surface area (Å²) < 4.78 is 66.1. The Hall–Kier alpha value is -3.42. The Kier molecular flexibility index (Phi) is 6.46. The lowest BCUT2D eigenvalue weighted by Gasteiger charge is -2.22. The number of hydrogen-bond donors (Lipinski definition) is 3. The first-order valence-electron chi connectivity index (χ1n) is 10.9. The Labute approximate surface area is 215 Å². The molecule has 0 amide bonds. The molecule has 0 spiro atoms. The Morgan fingerprint density at radius 3 is 2.51 bits per heavy atom. The number of pyridine rings is 2. The van der Waals surface area contributed by atoms with Crippen LogP contribution in [0, 0.1) is 5.95 Å². The average molecular weight is 552 g/mol. The lowest BCUT2D eigenvalue weighted by atomic mass is 10.1. The van der Waals surface area contributed by atoms with Crippen molar-refractivity contribution in [1.29, 1.82) is 0 Å². The number of fused-ring (bicyclic) bond motifs is 1. The normalized spacial score (nSPS) is 15.4. The maximum absolute atomic E-state index is 13.7. The second-order valence-electron chi connectivity index (χ2n) is 8.48. The predicted octanol–water partition coefficient (Wildman–Crippen LogP) is 4.98. The first-order chi connectivity index (χ1) is 17.5. The Bertz CT molecular complexity index is 1510. The maximum Gasteiger partial charge on any atom is 0.411 e. The Morgan fingerprint density at radius 1 is 1.08 bits per heavy atom. The van der Waals surface area contributed by atoms with E-state index < -0.39 is 28.6 Å². The summed E-state index contributed by atoms with van der Waals surface area (Å²) in [6, 6.07) is 10.5. The van der Waals surface area contributed by atoms with E-state index in [2.05, 4.69) is 30.6 Å². The molecule has 37 heavy (non-hydrogen) atoms. The first kappa shape index (κ1) is 25.2. The van der Waals surface area contributed by atoms with E-state index in [1.165, 1.54) is 18.3 Å². The van der Waals surface area contributed by atoms with Gasteiger partial charge in [0.15, 0.2) is 5.82 Å². The summed E-state index contributed by atoms with van der Waals surface area (Å²) in [5, 5.41) is 11.3. The summed E-state index contributed by atoms with van der Waals surface area (Å²) >= 11 is 6.08. The minimum Gasteiger partial charge on any atom is -0.354 e. The zero-order valence-electron chi connectivity index (χ0n) is 18.8. The fraction of sp³-hybridized carbons (Fsp3) is 0.217. The van der Waals surface area contributed by atoms with Crippen molar-refractivity contribution >= 4 is 45.4 Å². The molecule has 1 saturated carbocycles. The number of rotatable bonds is 7. The topological polar surface area (TPSA) is 119 Å². The summed E-state index contributed by atoms with van der Waals surface area (Å²) in [5.41, 5.74) is -0.245. The minimum atomic E-state index is -4.49. The van der Waals surface area contributed by atoms with Crippen molar-refractivity contribution in [2.45, 2.75) is 36.0 Å². The van der Waals surface area contributed by atoms with Gasteiger partial charge in [0.05, 0.1) is 16.1 Å². The van der Waals surface area contributed by atoms with Gasteiger partial charge >= 0.3 is 6.18 Å². The van der Waals surface area contributed by atoms with E-state index in [9.17, 15) is 21.8 Å².